The lowest BCUT2D eigenvalue weighted by atomic mass is 10.2. The van der Waals surface area contributed by atoms with E-state index < -0.39 is 5.91 Å². The number of aromatic hydroxyl groups is 1. The quantitative estimate of drug-likeness (QED) is 0.433. The molecule has 2 aromatic carbocycles. The van der Waals surface area contributed by atoms with Gasteiger partial charge in [-0.15, -0.1) is 10.2 Å². The Labute approximate surface area is 170 Å². The van der Waals surface area contributed by atoms with Crippen molar-refractivity contribution in [3.63, 3.8) is 0 Å². The molecule has 0 bridgehead atoms. The second-order valence-electron chi connectivity index (χ2n) is 6.69. The van der Waals surface area contributed by atoms with E-state index in [1.807, 2.05) is 60.7 Å². The highest BCUT2D eigenvalue weighted by molar-refractivity contribution is 5.94. The van der Waals surface area contributed by atoms with Crippen molar-refractivity contribution < 1.29 is 9.90 Å². The van der Waals surface area contributed by atoms with E-state index in [0.717, 1.165) is 16.6 Å². The zero-order valence-electron chi connectivity index (χ0n) is 15.7. The van der Waals surface area contributed by atoms with Gasteiger partial charge in [-0.1, -0.05) is 36.4 Å². The number of rotatable bonds is 4. The molecular weight excluding hydrogens is 380 g/mol. The highest BCUT2D eigenvalue weighted by atomic mass is 16.3. The number of pyridine rings is 1. The molecule has 8 heteroatoms. The van der Waals surface area contributed by atoms with Gasteiger partial charge in [0.05, 0.1) is 16.6 Å². The third kappa shape index (κ3) is 3.10. The number of imidazole rings is 1. The first kappa shape index (κ1) is 17.7. The Morgan fingerprint density at radius 3 is 2.70 bits per heavy atom. The van der Waals surface area contributed by atoms with Crippen molar-refractivity contribution in [1.29, 1.82) is 0 Å². The molecule has 5 aromatic rings. The molecule has 8 nitrogen and oxygen atoms in total. The van der Waals surface area contributed by atoms with Gasteiger partial charge >= 0.3 is 0 Å². The van der Waals surface area contributed by atoms with Crippen molar-refractivity contribution in [3.05, 3.63) is 72.9 Å². The van der Waals surface area contributed by atoms with E-state index in [2.05, 4.69) is 25.2 Å². The Hall–Kier alpha value is -4.33. The molecule has 0 saturated carbocycles. The fraction of sp³-hybridized carbons (Fsp3) is 0.0455. The van der Waals surface area contributed by atoms with Crippen LogP contribution in [0.1, 0.15) is 0 Å². The smallest absolute Gasteiger partial charge is 0.284 e. The second kappa shape index (κ2) is 7.25. The largest absolute Gasteiger partial charge is 0.493 e. The van der Waals surface area contributed by atoms with Crippen molar-refractivity contribution in [2.75, 3.05) is 0 Å². The zero-order valence-corrected chi connectivity index (χ0v) is 15.7. The summed E-state index contributed by atoms with van der Waals surface area (Å²) in [4.78, 5) is 24.5. The minimum atomic E-state index is -0.472. The van der Waals surface area contributed by atoms with Crippen LogP contribution in [0.25, 0.3) is 33.5 Å². The first-order valence-electron chi connectivity index (χ1n) is 9.31. The van der Waals surface area contributed by atoms with Gasteiger partial charge in [-0.3, -0.25) is 9.78 Å². The van der Waals surface area contributed by atoms with E-state index >= 15 is 0 Å². The molecule has 0 atom stereocenters. The van der Waals surface area contributed by atoms with Crippen molar-refractivity contribution in [3.8, 4) is 17.4 Å². The van der Waals surface area contributed by atoms with Crippen LogP contribution >= 0.6 is 0 Å². The van der Waals surface area contributed by atoms with Crippen LogP contribution in [0.4, 0.5) is 5.69 Å². The van der Waals surface area contributed by atoms with Gasteiger partial charge in [-0.25, -0.2) is 4.98 Å². The second-order valence-corrected chi connectivity index (χ2v) is 6.69. The van der Waals surface area contributed by atoms with E-state index in [1.54, 1.807) is 16.8 Å². The van der Waals surface area contributed by atoms with Crippen LogP contribution < -0.4 is 0 Å². The first-order valence-corrected chi connectivity index (χ1v) is 9.31. The minimum Gasteiger partial charge on any atom is -0.493 e. The van der Waals surface area contributed by atoms with Crippen LogP contribution in [0.3, 0.4) is 0 Å². The van der Waals surface area contributed by atoms with Gasteiger partial charge in [-0.05, 0) is 30.3 Å². The number of fused-ring (bicyclic) bond motifs is 2. The third-order valence-corrected chi connectivity index (χ3v) is 4.76. The Morgan fingerprint density at radius 1 is 1.03 bits per heavy atom. The summed E-state index contributed by atoms with van der Waals surface area (Å²) in [5.74, 6) is -0.0229. The van der Waals surface area contributed by atoms with Crippen molar-refractivity contribution >= 4 is 33.5 Å². The maximum Gasteiger partial charge on any atom is 0.284 e. The van der Waals surface area contributed by atoms with E-state index in [9.17, 15) is 9.90 Å². The number of carbonyl (C=O) groups excluding carboxylic acids is 1. The van der Waals surface area contributed by atoms with Crippen LogP contribution in [0.15, 0.2) is 83.2 Å². The van der Waals surface area contributed by atoms with E-state index in [-0.39, 0.29) is 18.1 Å². The topological polar surface area (TPSA) is 109 Å². The lowest BCUT2D eigenvalue weighted by molar-refractivity contribution is -0.118. The maximum absolute atomic E-state index is 12.7. The number of benzene rings is 2. The number of H-pyrrole nitrogens is 1. The van der Waals surface area contributed by atoms with Gasteiger partial charge in [0.1, 0.15) is 12.2 Å². The fourth-order valence-electron chi connectivity index (χ4n) is 3.41. The average molecular weight is 396 g/mol. The first-order chi connectivity index (χ1) is 14.7. The molecule has 0 unspecified atom stereocenters. The molecule has 0 fully saturated rings. The number of hydrogen-bond donors (Lipinski definition) is 2. The summed E-state index contributed by atoms with van der Waals surface area (Å²) < 4.78 is 1.77. The fourth-order valence-corrected chi connectivity index (χ4v) is 3.41. The maximum atomic E-state index is 12.7. The summed E-state index contributed by atoms with van der Waals surface area (Å²) in [7, 11) is 0. The Balaban J connectivity index is 1.50. The molecular formula is C22H16N6O2. The lowest BCUT2D eigenvalue weighted by Crippen LogP contribution is -2.09. The molecule has 0 aliphatic rings. The number of aromatic nitrogens is 4. The minimum absolute atomic E-state index is 0.0565. The highest BCUT2D eigenvalue weighted by Crippen LogP contribution is 2.35. The average Bonchev–Trinajstić information content (AvgIpc) is 3.30. The van der Waals surface area contributed by atoms with Gasteiger partial charge in [0.15, 0.2) is 11.5 Å². The van der Waals surface area contributed by atoms with Gasteiger partial charge in [-0.2, -0.15) is 0 Å². The predicted molar refractivity (Wildman–Crippen MR) is 112 cm³/mol. The number of amides is 1. The number of carbonyl (C=O) groups is 1. The lowest BCUT2D eigenvalue weighted by Gasteiger charge is -2.06. The Kier molecular flexibility index (Phi) is 4.29. The van der Waals surface area contributed by atoms with E-state index in [1.165, 1.54) is 0 Å². The molecule has 0 saturated heterocycles. The molecule has 1 amide bonds. The molecule has 30 heavy (non-hydrogen) atoms. The number of nitrogens with zero attached hydrogens (tertiary/aromatic N) is 5. The van der Waals surface area contributed by atoms with Crippen LogP contribution in [0.2, 0.25) is 0 Å². The number of para-hydroxylation sites is 3. The normalized spacial score (nSPS) is 11.6. The number of nitrogens with one attached hydrogen (secondary N) is 1. The summed E-state index contributed by atoms with van der Waals surface area (Å²) in [6, 6.07) is 20.4. The number of hydrogen-bond acceptors (Lipinski definition) is 5. The molecule has 3 aromatic heterocycles. The van der Waals surface area contributed by atoms with Gasteiger partial charge < -0.3 is 14.7 Å². The molecule has 146 valence electrons. The Morgan fingerprint density at radius 2 is 1.83 bits per heavy atom. The number of aromatic amines is 1. The summed E-state index contributed by atoms with van der Waals surface area (Å²) in [5.41, 5.74) is 3.18. The monoisotopic (exact) mass is 396 g/mol. The van der Waals surface area contributed by atoms with Crippen molar-refractivity contribution in [1.82, 2.24) is 19.5 Å². The van der Waals surface area contributed by atoms with Gasteiger partial charge in [0.2, 0.25) is 5.88 Å². The standard InChI is InChI=1S/C22H16N6O2/c29-19(26-27-20-14-7-1-2-8-15(14)25-22(20)30)13-28-18-11-4-3-9-16(18)24-21(28)17-10-5-6-12-23-17/h1-12,25,30H,13H2. The van der Waals surface area contributed by atoms with E-state index in [0.29, 0.717) is 16.9 Å². The molecule has 5 rings (SSSR count). The molecule has 0 spiro atoms. The van der Waals surface area contributed by atoms with Crippen LogP contribution in [0, 0.1) is 0 Å². The summed E-state index contributed by atoms with van der Waals surface area (Å²) >= 11 is 0. The molecule has 2 N–H and O–H groups in total. The highest BCUT2D eigenvalue weighted by Gasteiger charge is 2.16. The van der Waals surface area contributed by atoms with Gasteiger partial charge in [0.25, 0.3) is 5.91 Å². The zero-order chi connectivity index (χ0) is 20.5. The summed E-state index contributed by atoms with van der Waals surface area (Å²) in [6.45, 7) is -0.0565. The summed E-state index contributed by atoms with van der Waals surface area (Å²) in [5, 5.41) is 18.6. The van der Waals surface area contributed by atoms with E-state index in [4.69, 9.17) is 0 Å². The van der Waals surface area contributed by atoms with Crippen LogP contribution in [-0.4, -0.2) is 30.5 Å². The predicted octanol–water partition coefficient (Wildman–Crippen LogP) is 4.60. The molecule has 3 heterocycles. The SMILES string of the molecule is O=C(Cn1c(-c2ccccn2)nc2ccccc21)N=Nc1c(O)[nH]c2ccccc12. The van der Waals surface area contributed by atoms with Crippen LogP contribution in [-0.2, 0) is 11.3 Å². The van der Waals surface area contributed by atoms with Crippen LogP contribution in [0.5, 0.6) is 5.88 Å². The molecule has 0 radical (unpaired) electrons. The molecule has 0 aliphatic carbocycles. The third-order valence-electron chi connectivity index (χ3n) is 4.76. The molecule has 0 aliphatic heterocycles. The van der Waals surface area contributed by atoms with Gasteiger partial charge in [0, 0.05) is 11.6 Å². The van der Waals surface area contributed by atoms with Crippen molar-refractivity contribution in [2.24, 2.45) is 10.2 Å². The number of azo groups is 1. The van der Waals surface area contributed by atoms with Crippen molar-refractivity contribution in [2.45, 2.75) is 6.54 Å². The summed E-state index contributed by atoms with van der Waals surface area (Å²) in [6.07, 6.45) is 1.68. The Bertz CT molecular complexity index is 1400.